The third kappa shape index (κ3) is 4.33. The normalized spacial score (nSPS) is 12.6. The molecule has 4 heteroatoms. The lowest BCUT2D eigenvalue weighted by molar-refractivity contribution is 0.446. The summed E-state index contributed by atoms with van der Waals surface area (Å²) >= 11 is 1.83. The van der Waals surface area contributed by atoms with E-state index in [0.717, 1.165) is 24.3 Å². The van der Waals surface area contributed by atoms with Crippen LogP contribution in [0.25, 0.3) is 0 Å². The summed E-state index contributed by atoms with van der Waals surface area (Å²) in [6, 6.07) is 4.82. The Balaban J connectivity index is 2.48. The van der Waals surface area contributed by atoms with Gasteiger partial charge in [0.1, 0.15) is 11.5 Å². The van der Waals surface area contributed by atoms with Crippen molar-refractivity contribution in [1.29, 1.82) is 0 Å². The van der Waals surface area contributed by atoms with E-state index in [-0.39, 0.29) is 17.5 Å². The molecule has 3 N–H and O–H groups in total. The third-order valence-corrected chi connectivity index (χ3v) is 3.10. The molecule has 1 aromatic carbocycles. The fourth-order valence-corrected chi connectivity index (χ4v) is 1.95. The largest absolute Gasteiger partial charge is 0.508 e. The minimum absolute atomic E-state index is 0.104. The Morgan fingerprint density at radius 1 is 1.25 bits per heavy atom. The molecule has 16 heavy (non-hydrogen) atoms. The number of hydrogen-bond acceptors (Lipinski definition) is 4. The van der Waals surface area contributed by atoms with Crippen molar-refractivity contribution in [2.45, 2.75) is 19.4 Å². The smallest absolute Gasteiger partial charge is 0.119 e. The van der Waals surface area contributed by atoms with Gasteiger partial charge in [-0.25, -0.2) is 0 Å². The standard InChI is InChI=1S/C12H19NO2S/c1-9(13-4-3-5-16-2)10-6-11(14)8-12(15)7-10/h6-9,13-15H,3-5H2,1-2H3. The molecular formula is C12H19NO2S. The number of benzene rings is 1. The lowest BCUT2D eigenvalue weighted by Gasteiger charge is -2.14. The van der Waals surface area contributed by atoms with Crippen molar-refractivity contribution >= 4 is 11.8 Å². The molecule has 0 fully saturated rings. The van der Waals surface area contributed by atoms with Gasteiger partial charge >= 0.3 is 0 Å². The van der Waals surface area contributed by atoms with Crippen LogP contribution >= 0.6 is 11.8 Å². The van der Waals surface area contributed by atoms with E-state index in [1.807, 2.05) is 18.7 Å². The summed E-state index contributed by atoms with van der Waals surface area (Å²) in [6.45, 7) is 2.96. The first-order valence-corrected chi connectivity index (χ1v) is 6.78. The predicted octanol–water partition coefficient (Wildman–Crippen LogP) is 2.50. The number of phenols is 2. The van der Waals surface area contributed by atoms with Crippen molar-refractivity contribution in [3.05, 3.63) is 23.8 Å². The van der Waals surface area contributed by atoms with Gasteiger partial charge in [0.15, 0.2) is 0 Å². The number of thioether (sulfide) groups is 1. The Morgan fingerprint density at radius 2 is 1.88 bits per heavy atom. The Kier molecular flexibility index (Phi) is 5.49. The van der Waals surface area contributed by atoms with E-state index in [4.69, 9.17) is 0 Å². The average molecular weight is 241 g/mol. The Labute approximate surface area is 101 Å². The van der Waals surface area contributed by atoms with Gasteiger partial charge in [0.2, 0.25) is 0 Å². The molecule has 3 nitrogen and oxygen atoms in total. The second-order valence-corrected chi connectivity index (χ2v) is 4.79. The van der Waals surface area contributed by atoms with Crippen molar-refractivity contribution in [3.63, 3.8) is 0 Å². The Morgan fingerprint density at radius 3 is 2.44 bits per heavy atom. The molecule has 1 unspecified atom stereocenters. The van der Waals surface area contributed by atoms with E-state index in [0.29, 0.717) is 0 Å². The quantitative estimate of drug-likeness (QED) is 0.670. The van der Waals surface area contributed by atoms with E-state index in [2.05, 4.69) is 11.6 Å². The zero-order valence-electron chi connectivity index (χ0n) is 9.73. The van der Waals surface area contributed by atoms with Crippen molar-refractivity contribution in [2.24, 2.45) is 0 Å². The second-order valence-electron chi connectivity index (χ2n) is 3.80. The fraction of sp³-hybridized carbons (Fsp3) is 0.500. The molecule has 0 aliphatic carbocycles. The summed E-state index contributed by atoms with van der Waals surface area (Å²) in [5.41, 5.74) is 0.904. The van der Waals surface area contributed by atoms with Crippen LogP contribution in [-0.2, 0) is 0 Å². The van der Waals surface area contributed by atoms with Crippen LogP contribution in [0.15, 0.2) is 18.2 Å². The lowest BCUT2D eigenvalue weighted by atomic mass is 10.1. The highest BCUT2D eigenvalue weighted by atomic mass is 32.2. The van der Waals surface area contributed by atoms with Crippen molar-refractivity contribution in [1.82, 2.24) is 5.32 Å². The first-order valence-electron chi connectivity index (χ1n) is 5.38. The molecule has 0 heterocycles. The minimum atomic E-state index is 0.104. The summed E-state index contributed by atoms with van der Waals surface area (Å²) in [7, 11) is 0. The van der Waals surface area contributed by atoms with Gasteiger partial charge in [0.05, 0.1) is 0 Å². The van der Waals surface area contributed by atoms with Gasteiger partial charge in [-0.15, -0.1) is 0 Å². The maximum atomic E-state index is 9.36. The molecular weight excluding hydrogens is 222 g/mol. The Bertz CT molecular complexity index is 311. The highest BCUT2D eigenvalue weighted by Gasteiger charge is 2.06. The van der Waals surface area contributed by atoms with E-state index >= 15 is 0 Å². The minimum Gasteiger partial charge on any atom is -0.508 e. The highest BCUT2D eigenvalue weighted by Crippen LogP contribution is 2.24. The van der Waals surface area contributed by atoms with Gasteiger partial charge in [-0.3, -0.25) is 0 Å². The van der Waals surface area contributed by atoms with Gasteiger partial charge < -0.3 is 15.5 Å². The SMILES string of the molecule is CSCCCNC(C)c1cc(O)cc(O)c1. The van der Waals surface area contributed by atoms with E-state index in [9.17, 15) is 10.2 Å². The van der Waals surface area contributed by atoms with Gasteiger partial charge in [0, 0.05) is 12.1 Å². The number of phenolic OH excluding ortho intramolecular Hbond substituents is 2. The molecule has 1 aromatic rings. The van der Waals surface area contributed by atoms with Crippen LogP contribution in [0.5, 0.6) is 11.5 Å². The van der Waals surface area contributed by atoms with E-state index in [1.165, 1.54) is 6.07 Å². The highest BCUT2D eigenvalue weighted by molar-refractivity contribution is 7.98. The number of hydrogen-bond donors (Lipinski definition) is 3. The van der Waals surface area contributed by atoms with Gasteiger partial charge in [-0.05, 0) is 49.6 Å². The van der Waals surface area contributed by atoms with E-state index < -0.39 is 0 Å². The maximum Gasteiger partial charge on any atom is 0.119 e. The topological polar surface area (TPSA) is 52.5 Å². The molecule has 0 saturated heterocycles. The van der Waals surface area contributed by atoms with Crippen molar-refractivity contribution in [3.8, 4) is 11.5 Å². The molecule has 0 bridgehead atoms. The second kappa shape index (κ2) is 6.66. The van der Waals surface area contributed by atoms with Crippen LogP contribution in [0.1, 0.15) is 24.9 Å². The zero-order valence-corrected chi connectivity index (χ0v) is 10.5. The molecule has 1 atom stereocenters. The first kappa shape index (κ1) is 13.2. The average Bonchev–Trinajstić information content (AvgIpc) is 2.22. The lowest BCUT2D eigenvalue weighted by Crippen LogP contribution is -2.20. The van der Waals surface area contributed by atoms with Gasteiger partial charge in [0.25, 0.3) is 0 Å². The maximum absolute atomic E-state index is 9.36. The molecule has 1 rings (SSSR count). The summed E-state index contributed by atoms with van der Waals surface area (Å²) < 4.78 is 0. The number of aromatic hydroxyl groups is 2. The third-order valence-electron chi connectivity index (χ3n) is 2.40. The number of nitrogens with one attached hydrogen (secondary N) is 1. The summed E-state index contributed by atoms with van der Waals surface area (Å²) in [4.78, 5) is 0. The van der Waals surface area contributed by atoms with E-state index in [1.54, 1.807) is 12.1 Å². The molecule has 0 aromatic heterocycles. The molecule has 0 aliphatic rings. The van der Waals surface area contributed by atoms with Crippen LogP contribution in [-0.4, -0.2) is 28.8 Å². The predicted molar refractivity (Wildman–Crippen MR) is 69.2 cm³/mol. The number of rotatable bonds is 6. The molecule has 0 amide bonds. The van der Waals surface area contributed by atoms with Gasteiger partial charge in [-0.2, -0.15) is 11.8 Å². The van der Waals surface area contributed by atoms with Crippen LogP contribution < -0.4 is 5.32 Å². The zero-order chi connectivity index (χ0) is 12.0. The monoisotopic (exact) mass is 241 g/mol. The van der Waals surface area contributed by atoms with Crippen LogP contribution in [0.4, 0.5) is 0 Å². The fourth-order valence-electron chi connectivity index (χ4n) is 1.52. The van der Waals surface area contributed by atoms with Crippen LogP contribution in [0, 0.1) is 0 Å². The molecule has 0 spiro atoms. The summed E-state index contributed by atoms with van der Waals surface area (Å²) in [5, 5.41) is 22.1. The van der Waals surface area contributed by atoms with Crippen molar-refractivity contribution < 1.29 is 10.2 Å². The summed E-state index contributed by atoms with van der Waals surface area (Å²) in [6.07, 6.45) is 3.22. The Hall–Kier alpha value is -0.870. The van der Waals surface area contributed by atoms with Gasteiger partial charge in [-0.1, -0.05) is 0 Å². The van der Waals surface area contributed by atoms with Crippen molar-refractivity contribution in [2.75, 3.05) is 18.6 Å². The van der Waals surface area contributed by atoms with Crippen LogP contribution in [0.3, 0.4) is 0 Å². The molecule has 0 radical (unpaired) electrons. The molecule has 0 aliphatic heterocycles. The van der Waals surface area contributed by atoms with Crippen LogP contribution in [0.2, 0.25) is 0 Å². The summed E-state index contributed by atoms with van der Waals surface area (Å²) in [5.74, 6) is 1.35. The first-order chi connectivity index (χ1) is 7.63. The molecule has 0 saturated carbocycles. The molecule has 90 valence electrons.